The van der Waals surface area contributed by atoms with Gasteiger partial charge in [-0.3, -0.25) is 0 Å². The number of halogens is 1. The van der Waals surface area contributed by atoms with Gasteiger partial charge in [0.15, 0.2) is 0 Å². The van der Waals surface area contributed by atoms with Crippen molar-refractivity contribution >= 4 is 22.6 Å². The van der Waals surface area contributed by atoms with Gasteiger partial charge in [-0.05, 0) is 30.5 Å². The number of aromatic amines is 1. The van der Waals surface area contributed by atoms with Gasteiger partial charge in [-0.25, -0.2) is 4.98 Å². The zero-order valence-corrected chi connectivity index (χ0v) is 9.86. The summed E-state index contributed by atoms with van der Waals surface area (Å²) in [7, 11) is 0. The molecular formula is C12H15ClN2. The standard InChI is InChI=1S/C12H15ClN2/c1-3-4-9-5-6-10-12(8(9)2)15-11(7-13)14-10/h5-6H,3-4,7H2,1-2H3,(H,14,15). The van der Waals surface area contributed by atoms with Gasteiger partial charge < -0.3 is 4.98 Å². The second kappa shape index (κ2) is 4.23. The molecule has 0 atom stereocenters. The zero-order chi connectivity index (χ0) is 10.8. The molecule has 0 spiro atoms. The molecule has 0 amide bonds. The molecule has 1 aromatic carbocycles. The monoisotopic (exact) mass is 222 g/mol. The van der Waals surface area contributed by atoms with Crippen molar-refractivity contribution in [3.63, 3.8) is 0 Å². The lowest BCUT2D eigenvalue weighted by Gasteiger charge is -2.03. The van der Waals surface area contributed by atoms with E-state index in [1.807, 2.05) is 0 Å². The van der Waals surface area contributed by atoms with E-state index in [4.69, 9.17) is 11.6 Å². The number of benzene rings is 1. The molecule has 1 N–H and O–H groups in total. The molecule has 0 fully saturated rings. The third-order valence-electron chi connectivity index (χ3n) is 2.71. The molecule has 0 saturated heterocycles. The average molecular weight is 223 g/mol. The molecule has 2 nitrogen and oxygen atoms in total. The van der Waals surface area contributed by atoms with Gasteiger partial charge in [0.25, 0.3) is 0 Å². The predicted molar refractivity (Wildman–Crippen MR) is 64.4 cm³/mol. The van der Waals surface area contributed by atoms with Crippen molar-refractivity contribution in [2.75, 3.05) is 0 Å². The first-order chi connectivity index (χ1) is 7.26. The van der Waals surface area contributed by atoms with Gasteiger partial charge in [0.05, 0.1) is 16.9 Å². The smallest absolute Gasteiger partial charge is 0.122 e. The van der Waals surface area contributed by atoms with E-state index < -0.39 is 0 Å². The van der Waals surface area contributed by atoms with E-state index in [1.54, 1.807) is 0 Å². The lowest BCUT2D eigenvalue weighted by Crippen LogP contribution is -1.89. The van der Waals surface area contributed by atoms with Crippen LogP contribution in [0.3, 0.4) is 0 Å². The minimum atomic E-state index is 0.442. The van der Waals surface area contributed by atoms with Gasteiger partial charge in [0.2, 0.25) is 0 Å². The lowest BCUT2D eigenvalue weighted by molar-refractivity contribution is 0.915. The molecule has 80 valence electrons. The molecule has 2 rings (SSSR count). The first-order valence-electron chi connectivity index (χ1n) is 5.29. The highest BCUT2D eigenvalue weighted by atomic mass is 35.5. The number of rotatable bonds is 3. The number of fused-ring (bicyclic) bond motifs is 1. The Bertz CT molecular complexity index is 474. The summed E-state index contributed by atoms with van der Waals surface area (Å²) < 4.78 is 0. The van der Waals surface area contributed by atoms with E-state index in [1.165, 1.54) is 17.5 Å². The molecule has 0 aliphatic carbocycles. The Kier molecular flexibility index (Phi) is 2.96. The highest BCUT2D eigenvalue weighted by Crippen LogP contribution is 2.21. The molecule has 0 aliphatic heterocycles. The van der Waals surface area contributed by atoms with Crippen LogP contribution in [0.2, 0.25) is 0 Å². The van der Waals surface area contributed by atoms with Gasteiger partial charge in [0, 0.05) is 0 Å². The summed E-state index contributed by atoms with van der Waals surface area (Å²) in [5.74, 6) is 1.29. The average Bonchev–Trinajstić information content (AvgIpc) is 2.66. The van der Waals surface area contributed by atoms with Gasteiger partial charge in [0.1, 0.15) is 5.82 Å². The number of alkyl halides is 1. The zero-order valence-electron chi connectivity index (χ0n) is 9.10. The molecule has 0 radical (unpaired) electrons. The number of hydrogen-bond acceptors (Lipinski definition) is 1. The molecule has 0 aliphatic rings. The van der Waals surface area contributed by atoms with E-state index >= 15 is 0 Å². The van der Waals surface area contributed by atoms with Gasteiger partial charge in [-0.2, -0.15) is 0 Å². The Morgan fingerprint density at radius 3 is 2.87 bits per heavy atom. The number of nitrogens with zero attached hydrogens (tertiary/aromatic N) is 1. The maximum absolute atomic E-state index is 5.76. The molecule has 0 unspecified atom stereocenters. The molecule has 0 saturated carbocycles. The Balaban J connectivity index is 2.56. The third kappa shape index (κ3) is 1.86. The number of imidazole rings is 1. The largest absolute Gasteiger partial charge is 0.341 e. The van der Waals surface area contributed by atoms with Gasteiger partial charge >= 0.3 is 0 Å². The first-order valence-corrected chi connectivity index (χ1v) is 5.82. The Morgan fingerprint density at radius 2 is 2.20 bits per heavy atom. The van der Waals surface area contributed by atoms with Crippen LogP contribution in [0.4, 0.5) is 0 Å². The second-order valence-electron chi connectivity index (χ2n) is 3.81. The van der Waals surface area contributed by atoms with Crippen molar-refractivity contribution in [1.82, 2.24) is 9.97 Å². The molecule has 1 heterocycles. The quantitative estimate of drug-likeness (QED) is 0.791. The van der Waals surface area contributed by atoms with Crippen molar-refractivity contribution < 1.29 is 0 Å². The molecule has 15 heavy (non-hydrogen) atoms. The summed E-state index contributed by atoms with van der Waals surface area (Å²) in [5, 5.41) is 0. The summed E-state index contributed by atoms with van der Waals surface area (Å²) >= 11 is 5.76. The van der Waals surface area contributed by atoms with Crippen LogP contribution in [0, 0.1) is 6.92 Å². The molecule has 3 heteroatoms. The normalized spacial score (nSPS) is 11.1. The van der Waals surface area contributed by atoms with Crippen LogP contribution in [-0.2, 0) is 12.3 Å². The fourth-order valence-electron chi connectivity index (χ4n) is 1.91. The molecule has 2 aromatic rings. The van der Waals surface area contributed by atoms with Crippen molar-refractivity contribution in [2.45, 2.75) is 32.6 Å². The molecule has 1 aromatic heterocycles. The van der Waals surface area contributed by atoms with Crippen molar-refractivity contribution in [1.29, 1.82) is 0 Å². The lowest BCUT2D eigenvalue weighted by atomic mass is 10.0. The maximum Gasteiger partial charge on any atom is 0.122 e. The number of aryl methyl sites for hydroxylation is 2. The SMILES string of the molecule is CCCc1ccc2[nH]c(CCl)nc2c1C. The van der Waals surface area contributed by atoms with Crippen LogP contribution in [0.25, 0.3) is 11.0 Å². The number of H-pyrrole nitrogens is 1. The van der Waals surface area contributed by atoms with Crippen LogP contribution in [0.5, 0.6) is 0 Å². The van der Waals surface area contributed by atoms with Crippen LogP contribution in [-0.4, -0.2) is 9.97 Å². The number of nitrogens with one attached hydrogen (secondary N) is 1. The minimum absolute atomic E-state index is 0.442. The van der Waals surface area contributed by atoms with E-state index in [0.717, 1.165) is 23.3 Å². The van der Waals surface area contributed by atoms with Crippen LogP contribution in [0.15, 0.2) is 12.1 Å². The molecular weight excluding hydrogens is 208 g/mol. The third-order valence-corrected chi connectivity index (χ3v) is 2.97. The summed E-state index contributed by atoms with van der Waals surface area (Å²) in [6.45, 7) is 4.32. The highest BCUT2D eigenvalue weighted by Gasteiger charge is 2.07. The van der Waals surface area contributed by atoms with E-state index in [-0.39, 0.29) is 0 Å². The van der Waals surface area contributed by atoms with Crippen LogP contribution >= 0.6 is 11.6 Å². The Morgan fingerprint density at radius 1 is 1.40 bits per heavy atom. The second-order valence-corrected chi connectivity index (χ2v) is 4.08. The maximum atomic E-state index is 5.76. The summed E-state index contributed by atoms with van der Waals surface area (Å²) in [6, 6.07) is 4.27. The van der Waals surface area contributed by atoms with Crippen molar-refractivity contribution in [2.24, 2.45) is 0 Å². The van der Waals surface area contributed by atoms with E-state index in [0.29, 0.717) is 5.88 Å². The summed E-state index contributed by atoms with van der Waals surface area (Å²) in [6.07, 6.45) is 2.28. The summed E-state index contributed by atoms with van der Waals surface area (Å²) in [5.41, 5.74) is 4.82. The van der Waals surface area contributed by atoms with Crippen LogP contribution in [0.1, 0.15) is 30.3 Å². The fourth-order valence-corrected chi connectivity index (χ4v) is 2.04. The molecule has 0 bridgehead atoms. The van der Waals surface area contributed by atoms with Gasteiger partial charge in [-0.1, -0.05) is 19.4 Å². The van der Waals surface area contributed by atoms with Crippen molar-refractivity contribution in [3.05, 3.63) is 29.1 Å². The summed E-state index contributed by atoms with van der Waals surface area (Å²) in [4.78, 5) is 7.70. The Hall–Kier alpha value is -1.02. The van der Waals surface area contributed by atoms with Crippen LogP contribution < -0.4 is 0 Å². The fraction of sp³-hybridized carbons (Fsp3) is 0.417. The van der Waals surface area contributed by atoms with Crippen molar-refractivity contribution in [3.8, 4) is 0 Å². The number of aromatic nitrogens is 2. The first kappa shape index (κ1) is 10.5. The predicted octanol–water partition coefficient (Wildman–Crippen LogP) is 3.56. The number of hydrogen-bond donors (Lipinski definition) is 1. The van der Waals surface area contributed by atoms with E-state index in [9.17, 15) is 0 Å². The topological polar surface area (TPSA) is 28.7 Å². The minimum Gasteiger partial charge on any atom is -0.341 e. The highest BCUT2D eigenvalue weighted by molar-refractivity contribution is 6.16. The van der Waals surface area contributed by atoms with Gasteiger partial charge in [-0.15, -0.1) is 11.6 Å². The Labute approximate surface area is 94.7 Å². The van der Waals surface area contributed by atoms with E-state index in [2.05, 4.69) is 35.9 Å².